The predicted octanol–water partition coefficient (Wildman–Crippen LogP) is 1.56. The Kier molecular flexibility index (Phi) is 5.26. The average Bonchev–Trinajstić information content (AvgIpc) is 2.72. The number of aromatic nitrogens is 2. The van der Waals surface area contributed by atoms with Gasteiger partial charge in [-0.2, -0.15) is 4.98 Å². The van der Waals surface area contributed by atoms with Gasteiger partial charge in [-0.15, -0.1) is 0 Å². The van der Waals surface area contributed by atoms with Crippen molar-refractivity contribution in [3.63, 3.8) is 0 Å². The zero-order chi connectivity index (χ0) is 15.2. The topological polar surface area (TPSA) is 104 Å². The quantitative estimate of drug-likeness (QED) is 0.627. The van der Waals surface area contributed by atoms with E-state index < -0.39 is 4.92 Å². The molecule has 1 unspecified atom stereocenters. The van der Waals surface area contributed by atoms with Crippen LogP contribution in [-0.4, -0.2) is 45.7 Å². The number of anilines is 2. The number of nitrogens with zero attached hydrogens (tertiary/aromatic N) is 4. The molecule has 1 aromatic rings. The van der Waals surface area contributed by atoms with Crippen LogP contribution in [0.4, 0.5) is 17.5 Å². The highest BCUT2D eigenvalue weighted by atomic mass is 16.6. The lowest BCUT2D eigenvalue weighted by molar-refractivity contribution is -0.384. The maximum atomic E-state index is 11.2. The van der Waals surface area contributed by atoms with Gasteiger partial charge in [-0.05, 0) is 19.8 Å². The van der Waals surface area contributed by atoms with E-state index >= 15 is 0 Å². The second-order valence-corrected chi connectivity index (χ2v) is 5.07. The van der Waals surface area contributed by atoms with Gasteiger partial charge in [0.15, 0.2) is 0 Å². The van der Waals surface area contributed by atoms with Crippen molar-refractivity contribution in [3.8, 4) is 0 Å². The van der Waals surface area contributed by atoms with E-state index in [-0.39, 0.29) is 18.3 Å². The van der Waals surface area contributed by atoms with Crippen molar-refractivity contribution >= 4 is 17.5 Å². The summed E-state index contributed by atoms with van der Waals surface area (Å²) < 4.78 is 0. The van der Waals surface area contributed by atoms with Crippen molar-refractivity contribution < 1.29 is 10.0 Å². The van der Waals surface area contributed by atoms with Gasteiger partial charge in [0.25, 0.3) is 0 Å². The van der Waals surface area contributed by atoms with Crippen LogP contribution in [-0.2, 0) is 0 Å². The summed E-state index contributed by atoms with van der Waals surface area (Å²) in [5, 5.41) is 23.8. The molecule has 0 amide bonds. The average molecular weight is 295 g/mol. The third kappa shape index (κ3) is 3.57. The molecule has 2 heterocycles. The molecule has 0 saturated carbocycles. The van der Waals surface area contributed by atoms with E-state index in [1.54, 1.807) is 0 Å². The van der Waals surface area contributed by atoms with E-state index in [4.69, 9.17) is 0 Å². The van der Waals surface area contributed by atoms with E-state index in [0.717, 1.165) is 25.7 Å². The second-order valence-electron chi connectivity index (χ2n) is 5.07. The van der Waals surface area contributed by atoms with E-state index in [1.165, 1.54) is 6.20 Å². The smallest absolute Gasteiger partial charge is 0.329 e. The standard InChI is InChI=1S/C13H21N5O3/c1-2-14-13-15-8-11(18(20)21)12(16-13)17-7-5-3-4-6-10(17)9-19/h8,10,19H,2-7,9H2,1H3,(H,14,15,16). The van der Waals surface area contributed by atoms with Crippen molar-refractivity contribution in [3.05, 3.63) is 16.3 Å². The van der Waals surface area contributed by atoms with Gasteiger partial charge in [0.2, 0.25) is 11.8 Å². The highest BCUT2D eigenvalue weighted by Gasteiger charge is 2.29. The molecular formula is C13H21N5O3. The first-order chi connectivity index (χ1) is 10.2. The molecular weight excluding hydrogens is 274 g/mol. The van der Waals surface area contributed by atoms with Crippen LogP contribution in [0.2, 0.25) is 0 Å². The van der Waals surface area contributed by atoms with E-state index in [2.05, 4.69) is 15.3 Å². The van der Waals surface area contributed by atoms with Gasteiger partial charge in [-0.25, -0.2) is 4.98 Å². The molecule has 2 N–H and O–H groups in total. The molecule has 1 aliphatic rings. The maximum Gasteiger partial charge on any atom is 0.329 e. The molecule has 8 nitrogen and oxygen atoms in total. The Morgan fingerprint density at radius 2 is 2.33 bits per heavy atom. The Morgan fingerprint density at radius 3 is 3.00 bits per heavy atom. The SMILES string of the molecule is CCNc1ncc([N+](=O)[O-])c(N2CCCCCC2CO)n1. The van der Waals surface area contributed by atoms with Crippen LogP contribution >= 0.6 is 0 Å². The third-order valence-electron chi connectivity index (χ3n) is 3.64. The second kappa shape index (κ2) is 7.16. The number of hydrogen-bond donors (Lipinski definition) is 2. The maximum absolute atomic E-state index is 11.2. The molecule has 0 aromatic carbocycles. The molecule has 8 heteroatoms. The predicted molar refractivity (Wildman–Crippen MR) is 79.5 cm³/mol. The molecule has 1 saturated heterocycles. The summed E-state index contributed by atoms with van der Waals surface area (Å²) in [7, 11) is 0. The molecule has 0 aliphatic carbocycles. The minimum absolute atomic E-state index is 0.0301. The Hall–Kier alpha value is -1.96. The molecule has 1 fully saturated rings. The Balaban J connectivity index is 2.41. The molecule has 1 aromatic heterocycles. The first kappa shape index (κ1) is 15.4. The van der Waals surface area contributed by atoms with Crippen LogP contribution < -0.4 is 10.2 Å². The Labute approximate surface area is 123 Å². The number of nitro groups is 1. The van der Waals surface area contributed by atoms with Crippen LogP contribution in [0, 0.1) is 10.1 Å². The largest absolute Gasteiger partial charge is 0.394 e. The summed E-state index contributed by atoms with van der Waals surface area (Å²) in [4.78, 5) is 20.9. The van der Waals surface area contributed by atoms with Gasteiger partial charge in [0.1, 0.15) is 6.20 Å². The highest BCUT2D eigenvalue weighted by molar-refractivity contribution is 5.59. The van der Waals surface area contributed by atoms with Crippen molar-refractivity contribution in [2.24, 2.45) is 0 Å². The lowest BCUT2D eigenvalue weighted by Crippen LogP contribution is -2.38. The molecule has 0 bridgehead atoms. The minimum Gasteiger partial charge on any atom is -0.394 e. The molecule has 0 radical (unpaired) electrons. The number of aliphatic hydroxyl groups is 1. The lowest BCUT2D eigenvalue weighted by atomic mass is 10.1. The fourth-order valence-electron chi connectivity index (χ4n) is 2.60. The lowest BCUT2D eigenvalue weighted by Gasteiger charge is -2.29. The minimum atomic E-state index is -0.468. The van der Waals surface area contributed by atoms with Crippen molar-refractivity contribution in [1.29, 1.82) is 0 Å². The number of hydrogen-bond acceptors (Lipinski definition) is 7. The summed E-state index contributed by atoms with van der Waals surface area (Å²) >= 11 is 0. The Bertz CT molecular complexity index is 497. The number of aliphatic hydroxyl groups excluding tert-OH is 1. The van der Waals surface area contributed by atoms with Crippen LogP contribution in [0.3, 0.4) is 0 Å². The fraction of sp³-hybridized carbons (Fsp3) is 0.692. The zero-order valence-corrected chi connectivity index (χ0v) is 12.2. The van der Waals surface area contributed by atoms with Crippen LogP contribution in [0.5, 0.6) is 0 Å². The van der Waals surface area contributed by atoms with E-state index in [9.17, 15) is 15.2 Å². The van der Waals surface area contributed by atoms with E-state index in [1.807, 2.05) is 11.8 Å². The first-order valence-corrected chi connectivity index (χ1v) is 7.30. The highest BCUT2D eigenvalue weighted by Crippen LogP contribution is 2.30. The molecule has 0 spiro atoms. The van der Waals surface area contributed by atoms with Gasteiger partial charge in [0, 0.05) is 13.1 Å². The molecule has 2 rings (SSSR count). The molecule has 1 aliphatic heterocycles. The van der Waals surface area contributed by atoms with Crippen molar-refractivity contribution in [2.45, 2.75) is 38.6 Å². The normalized spacial score (nSPS) is 19.1. The molecule has 116 valence electrons. The number of nitrogens with one attached hydrogen (secondary N) is 1. The van der Waals surface area contributed by atoms with Gasteiger partial charge >= 0.3 is 5.69 Å². The van der Waals surface area contributed by atoms with Crippen LogP contribution in [0.15, 0.2) is 6.20 Å². The third-order valence-corrected chi connectivity index (χ3v) is 3.64. The van der Waals surface area contributed by atoms with Gasteiger partial charge in [-0.3, -0.25) is 10.1 Å². The van der Waals surface area contributed by atoms with Gasteiger partial charge in [-0.1, -0.05) is 12.8 Å². The Morgan fingerprint density at radius 1 is 1.52 bits per heavy atom. The zero-order valence-electron chi connectivity index (χ0n) is 12.2. The summed E-state index contributed by atoms with van der Waals surface area (Å²) in [5.74, 6) is 0.672. The first-order valence-electron chi connectivity index (χ1n) is 7.30. The summed E-state index contributed by atoms with van der Waals surface area (Å²) in [6.07, 6.45) is 5.06. The molecule has 21 heavy (non-hydrogen) atoms. The van der Waals surface area contributed by atoms with Crippen LogP contribution in [0.25, 0.3) is 0 Å². The summed E-state index contributed by atoms with van der Waals surface area (Å²) in [5.41, 5.74) is -0.114. The van der Waals surface area contributed by atoms with Gasteiger partial charge < -0.3 is 15.3 Å². The van der Waals surface area contributed by atoms with Crippen molar-refractivity contribution in [2.75, 3.05) is 29.9 Å². The van der Waals surface area contributed by atoms with Crippen molar-refractivity contribution in [1.82, 2.24) is 9.97 Å². The summed E-state index contributed by atoms with van der Waals surface area (Å²) in [6.45, 7) is 3.18. The van der Waals surface area contributed by atoms with E-state index in [0.29, 0.717) is 24.9 Å². The summed E-state index contributed by atoms with van der Waals surface area (Å²) in [6, 6.07) is -0.129. The number of rotatable bonds is 5. The monoisotopic (exact) mass is 295 g/mol. The molecule has 1 atom stereocenters. The van der Waals surface area contributed by atoms with Gasteiger partial charge in [0.05, 0.1) is 17.6 Å². The fourth-order valence-corrected chi connectivity index (χ4v) is 2.60. The van der Waals surface area contributed by atoms with Crippen LogP contribution in [0.1, 0.15) is 32.6 Å².